The molecule has 0 aliphatic rings. The highest BCUT2D eigenvalue weighted by atomic mass is 35.5. The van der Waals surface area contributed by atoms with Gasteiger partial charge in [0.25, 0.3) is 0 Å². The summed E-state index contributed by atoms with van der Waals surface area (Å²) in [6, 6.07) is 4.06. The predicted molar refractivity (Wildman–Crippen MR) is 79.1 cm³/mol. The van der Waals surface area contributed by atoms with E-state index >= 15 is 0 Å². The number of nitrogens with one attached hydrogen (secondary N) is 2. The summed E-state index contributed by atoms with van der Waals surface area (Å²) in [5.74, 6) is 1.93. The molecule has 2 aromatic rings. The van der Waals surface area contributed by atoms with Crippen molar-refractivity contribution in [3.63, 3.8) is 0 Å². The quantitative estimate of drug-likeness (QED) is 0.818. The first-order valence-electron chi connectivity index (χ1n) is 6.61. The van der Waals surface area contributed by atoms with Crippen molar-refractivity contribution in [3.8, 4) is 0 Å². The van der Waals surface area contributed by atoms with E-state index in [1.165, 1.54) is 0 Å². The Bertz CT molecular complexity index is 532. The molecule has 108 valence electrons. The second-order valence-corrected chi connectivity index (χ2v) is 4.78. The molecule has 1 atom stereocenters. The molecule has 2 heterocycles. The fraction of sp³-hybridized carbons (Fsp3) is 0.462. The van der Waals surface area contributed by atoms with E-state index in [4.69, 9.17) is 16.0 Å². The van der Waals surface area contributed by atoms with Crippen molar-refractivity contribution in [3.05, 3.63) is 29.4 Å². The number of aryl methyl sites for hydroxylation is 1. The van der Waals surface area contributed by atoms with Gasteiger partial charge in [0.05, 0.1) is 6.26 Å². The summed E-state index contributed by atoms with van der Waals surface area (Å²) >= 11 is 5.87. The third-order valence-electron chi connectivity index (χ3n) is 2.72. The zero-order valence-electron chi connectivity index (χ0n) is 11.6. The van der Waals surface area contributed by atoms with Crippen LogP contribution < -0.4 is 10.6 Å². The van der Waals surface area contributed by atoms with Crippen molar-refractivity contribution in [2.75, 3.05) is 17.2 Å². The molecule has 2 N–H and O–H groups in total. The van der Waals surface area contributed by atoms with Crippen LogP contribution in [0.4, 0.5) is 11.9 Å². The number of anilines is 2. The molecule has 1 unspecified atom stereocenters. The molecule has 0 aliphatic carbocycles. The van der Waals surface area contributed by atoms with Gasteiger partial charge in [-0.2, -0.15) is 15.0 Å². The van der Waals surface area contributed by atoms with Gasteiger partial charge in [0.2, 0.25) is 17.2 Å². The summed E-state index contributed by atoms with van der Waals surface area (Å²) in [5, 5.41) is 6.41. The minimum absolute atomic E-state index is 0.177. The molecule has 20 heavy (non-hydrogen) atoms. The van der Waals surface area contributed by atoms with Gasteiger partial charge < -0.3 is 15.1 Å². The normalized spacial score (nSPS) is 12.2. The maximum Gasteiger partial charge on any atom is 0.229 e. The predicted octanol–water partition coefficient (Wildman–Crippen LogP) is 2.98. The first-order chi connectivity index (χ1) is 9.67. The van der Waals surface area contributed by atoms with Crippen LogP contribution in [0.5, 0.6) is 0 Å². The zero-order chi connectivity index (χ0) is 14.4. The molecule has 2 aromatic heterocycles. The van der Waals surface area contributed by atoms with E-state index in [0.29, 0.717) is 11.9 Å². The maximum atomic E-state index is 5.87. The van der Waals surface area contributed by atoms with Gasteiger partial charge in [-0.3, -0.25) is 0 Å². The summed E-state index contributed by atoms with van der Waals surface area (Å²) in [6.45, 7) is 4.76. The Hall–Kier alpha value is -1.82. The lowest BCUT2D eigenvalue weighted by atomic mass is 10.1. The molecule has 7 heteroatoms. The van der Waals surface area contributed by atoms with Crippen molar-refractivity contribution in [2.24, 2.45) is 0 Å². The smallest absolute Gasteiger partial charge is 0.229 e. The van der Waals surface area contributed by atoms with Crippen molar-refractivity contribution < 1.29 is 4.42 Å². The average Bonchev–Trinajstić information content (AvgIpc) is 2.89. The van der Waals surface area contributed by atoms with Crippen LogP contribution in [-0.2, 0) is 6.42 Å². The Labute approximate surface area is 123 Å². The van der Waals surface area contributed by atoms with Gasteiger partial charge in [-0.15, -0.1) is 0 Å². The average molecular weight is 296 g/mol. The van der Waals surface area contributed by atoms with E-state index in [-0.39, 0.29) is 11.3 Å². The third-order valence-corrected chi connectivity index (χ3v) is 2.89. The monoisotopic (exact) mass is 295 g/mol. The van der Waals surface area contributed by atoms with Gasteiger partial charge in [-0.25, -0.2) is 0 Å². The molecule has 0 radical (unpaired) electrons. The van der Waals surface area contributed by atoms with E-state index in [9.17, 15) is 0 Å². The number of aromatic nitrogens is 3. The summed E-state index contributed by atoms with van der Waals surface area (Å²) < 4.78 is 5.30. The molecule has 0 aliphatic heterocycles. The fourth-order valence-corrected chi connectivity index (χ4v) is 1.92. The molecule has 0 aromatic carbocycles. The van der Waals surface area contributed by atoms with Gasteiger partial charge in [0.15, 0.2) is 0 Å². The molecule has 2 rings (SSSR count). The van der Waals surface area contributed by atoms with E-state index in [1.807, 2.05) is 19.1 Å². The van der Waals surface area contributed by atoms with Gasteiger partial charge in [0, 0.05) is 19.0 Å². The molecule has 0 spiro atoms. The summed E-state index contributed by atoms with van der Waals surface area (Å²) in [4.78, 5) is 12.3. The molecule has 0 amide bonds. The van der Waals surface area contributed by atoms with Crippen LogP contribution in [0.1, 0.15) is 26.0 Å². The third kappa shape index (κ3) is 4.38. The van der Waals surface area contributed by atoms with E-state index in [2.05, 4.69) is 32.5 Å². The second-order valence-electron chi connectivity index (χ2n) is 4.45. The molecule has 6 nitrogen and oxygen atoms in total. The van der Waals surface area contributed by atoms with Crippen LogP contribution >= 0.6 is 11.6 Å². The molecular weight excluding hydrogens is 278 g/mol. The van der Waals surface area contributed by atoms with Crippen LogP contribution in [0, 0.1) is 0 Å². The highest BCUT2D eigenvalue weighted by Crippen LogP contribution is 2.12. The van der Waals surface area contributed by atoms with Gasteiger partial charge >= 0.3 is 0 Å². The Morgan fingerprint density at radius 2 is 2.10 bits per heavy atom. The number of nitrogens with zero attached hydrogens (tertiary/aromatic N) is 3. The molecule has 0 fully saturated rings. The van der Waals surface area contributed by atoms with Crippen LogP contribution in [-0.4, -0.2) is 27.5 Å². The van der Waals surface area contributed by atoms with Gasteiger partial charge in [-0.05, 0) is 44.0 Å². The number of halogens is 1. The summed E-state index contributed by atoms with van der Waals surface area (Å²) in [5.41, 5.74) is 0. The Balaban J connectivity index is 1.91. The zero-order valence-corrected chi connectivity index (χ0v) is 12.3. The number of rotatable bonds is 7. The Kier molecular flexibility index (Phi) is 5.17. The summed E-state index contributed by atoms with van der Waals surface area (Å²) in [6.07, 6.45) is 3.45. The lowest BCUT2D eigenvalue weighted by Gasteiger charge is -2.13. The van der Waals surface area contributed by atoms with Crippen molar-refractivity contribution in [1.29, 1.82) is 0 Å². The first-order valence-corrected chi connectivity index (χ1v) is 6.99. The van der Waals surface area contributed by atoms with Gasteiger partial charge in [0.1, 0.15) is 5.76 Å². The van der Waals surface area contributed by atoms with Crippen LogP contribution in [0.2, 0.25) is 5.28 Å². The van der Waals surface area contributed by atoms with E-state index < -0.39 is 0 Å². The topological polar surface area (TPSA) is 75.9 Å². The van der Waals surface area contributed by atoms with Crippen molar-refractivity contribution in [1.82, 2.24) is 15.0 Å². The second kappa shape index (κ2) is 7.09. The lowest BCUT2D eigenvalue weighted by molar-refractivity contribution is 0.494. The number of hydrogen-bond acceptors (Lipinski definition) is 6. The fourth-order valence-electron chi connectivity index (χ4n) is 1.76. The van der Waals surface area contributed by atoms with Crippen LogP contribution in [0.3, 0.4) is 0 Å². The SMILES string of the molecule is CCNc1nc(Cl)nc(NC(C)CCc2ccco2)n1. The number of hydrogen-bond donors (Lipinski definition) is 2. The highest BCUT2D eigenvalue weighted by molar-refractivity contribution is 6.28. The van der Waals surface area contributed by atoms with E-state index in [1.54, 1.807) is 6.26 Å². The Morgan fingerprint density at radius 1 is 1.30 bits per heavy atom. The highest BCUT2D eigenvalue weighted by Gasteiger charge is 2.09. The van der Waals surface area contributed by atoms with Crippen molar-refractivity contribution >= 4 is 23.5 Å². The molecular formula is C13H18ClN5O. The minimum Gasteiger partial charge on any atom is -0.469 e. The van der Waals surface area contributed by atoms with E-state index in [0.717, 1.165) is 25.1 Å². The first kappa shape index (κ1) is 14.6. The van der Waals surface area contributed by atoms with Crippen molar-refractivity contribution in [2.45, 2.75) is 32.7 Å². The largest absolute Gasteiger partial charge is 0.469 e. The molecule has 0 saturated heterocycles. The van der Waals surface area contributed by atoms with Gasteiger partial charge in [-0.1, -0.05) is 0 Å². The Morgan fingerprint density at radius 3 is 2.80 bits per heavy atom. The summed E-state index contributed by atoms with van der Waals surface area (Å²) in [7, 11) is 0. The number of furan rings is 1. The minimum atomic E-state index is 0.177. The standard InChI is InChI=1S/C13H18ClN5O/c1-3-15-12-17-11(14)18-13(19-12)16-9(2)6-7-10-5-4-8-20-10/h4-5,8-9H,3,6-7H2,1-2H3,(H2,15,16,17,18,19). The lowest BCUT2D eigenvalue weighted by Crippen LogP contribution is -2.19. The molecule has 0 saturated carbocycles. The van der Waals surface area contributed by atoms with Crippen LogP contribution in [0.15, 0.2) is 22.8 Å². The maximum absolute atomic E-state index is 5.87. The molecule has 0 bridgehead atoms. The van der Waals surface area contributed by atoms with Crippen LogP contribution in [0.25, 0.3) is 0 Å².